The molecule has 0 spiro atoms. The van der Waals surface area contributed by atoms with Crippen LogP contribution in [0.2, 0.25) is 0 Å². The van der Waals surface area contributed by atoms with Crippen molar-refractivity contribution in [3.05, 3.63) is 0 Å². The predicted molar refractivity (Wildman–Crippen MR) is 25.2 cm³/mol. The third-order valence-electron chi connectivity index (χ3n) is 0. The van der Waals surface area contributed by atoms with Crippen LogP contribution in [0.3, 0.4) is 0 Å². The summed E-state index contributed by atoms with van der Waals surface area (Å²) in [6.45, 7) is 0. The van der Waals surface area contributed by atoms with E-state index in [1.165, 1.54) is 0 Å². The minimum absolute atomic E-state index is 0. The molecule has 0 amide bonds. The smallest absolute Gasteiger partial charge is 0 e. The van der Waals surface area contributed by atoms with E-state index in [1.54, 1.807) is 0 Å². The van der Waals surface area contributed by atoms with Gasteiger partial charge in [-0.2, -0.15) is 0 Å². The van der Waals surface area contributed by atoms with E-state index in [2.05, 4.69) is 0 Å². The van der Waals surface area contributed by atoms with Gasteiger partial charge in [0.15, 0.2) is 0 Å². The van der Waals surface area contributed by atoms with E-state index < -0.39 is 9.17 Å². The molecular formula is H4Na2O3SiZn. The molecule has 3 nitrogen and oxygen atoms in total. The standard InChI is InChI=1S/2Na.H2O3Si.Zn.2H/c;;1-4(2)3;;;/h;;1-2H;;;. The molecule has 0 aliphatic rings. The second-order valence-corrected chi connectivity index (χ2v) is 0.848. The number of hydrogen-bond donors (Lipinski definition) is 2. The molecule has 0 aliphatic carbocycles. The molecule has 0 unspecified atom stereocenters. The molecule has 0 aliphatic heterocycles. The number of rotatable bonds is 0. The molecule has 0 atom stereocenters. The quantitative estimate of drug-likeness (QED) is 0.404. The van der Waals surface area contributed by atoms with Crippen molar-refractivity contribution in [2.24, 2.45) is 0 Å². The molecule has 30 valence electrons. The third-order valence-corrected chi connectivity index (χ3v) is 0. The van der Waals surface area contributed by atoms with Gasteiger partial charge in [0.05, 0.1) is 0 Å². The van der Waals surface area contributed by atoms with Gasteiger partial charge >= 0.3 is 68.3 Å². The minimum Gasteiger partial charge on any atom is 0 e. The topological polar surface area (TPSA) is 57.5 Å². The van der Waals surface area contributed by atoms with Gasteiger partial charge in [0.2, 0.25) is 0 Å². The van der Waals surface area contributed by atoms with Crippen LogP contribution < -0.4 is 0 Å². The van der Waals surface area contributed by atoms with Crippen molar-refractivity contribution < 1.29 is 33.5 Å². The van der Waals surface area contributed by atoms with E-state index >= 15 is 0 Å². The Balaban J connectivity index is -0.0000000150. The molecule has 0 aromatic rings. The van der Waals surface area contributed by atoms with E-state index in [0.717, 1.165) is 0 Å². The zero-order valence-corrected chi connectivity index (χ0v) is 6.48. The maximum atomic E-state index is 8.74. The fraction of sp³-hybridized carbons (Fsp3) is 0. The first-order valence-corrected chi connectivity index (χ1v) is 1.95. The maximum absolute atomic E-state index is 8.74. The Hall–Kier alpha value is 2.24. The molecule has 0 aromatic carbocycles. The Labute approximate surface area is 100 Å². The molecule has 0 heterocycles. The predicted octanol–water partition coefficient (Wildman–Crippen LogP) is -2.91. The second kappa shape index (κ2) is 15.7. The summed E-state index contributed by atoms with van der Waals surface area (Å²) >= 11 is 0. The maximum Gasteiger partial charge on any atom is 0 e. The first-order valence-electron chi connectivity index (χ1n) is 0.651. The van der Waals surface area contributed by atoms with Gasteiger partial charge in [0.1, 0.15) is 0 Å². The van der Waals surface area contributed by atoms with Gasteiger partial charge in [0.25, 0.3) is 0 Å². The molecule has 0 radical (unpaired) electrons. The summed E-state index contributed by atoms with van der Waals surface area (Å²) in [7, 11) is -3.13. The average Bonchev–Trinajstić information content (AvgIpc) is 0.811. The molecule has 0 bridgehead atoms. The van der Waals surface area contributed by atoms with Crippen molar-refractivity contribution in [2.45, 2.75) is 0 Å². The summed E-state index contributed by atoms with van der Waals surface area (Å²) in [5, 5.41) is 0. The summed E-state index contributed by atoms with van der Waals surface area (Å²) in [6, 6.07) is 0. The summed E-state index contributed by atoms with van der Waals surface area (Å²) in [5.41, 5.74) is 0. The van der Waals surface area contributed by atoms with E-state index in [9.17, 15) is 0 Å². The van der Waals surface area contributed by atoms with Gasteiger partial charge in [-0.05, 0) is 0 Å². The Bertz CT molecular complexity index is 35.9. The molecule has 7 heavy (non-hydrogen) atoms. The molecule has 0 fully saturated rings. The van der Waals surface area contributed by atoms with E-state index in [0.29, 0.717) is 0 Å². The second-order valence-electron chi connectivity index (χ2n) is 0.283. The van der Waals surface area contributed by atoms with E-state index in [-0.39, 0.29) is 78.6 Å². The van der Waals surface area contributed by atoms with Crippen LogP contribution in [0.4, 0.5) is 0 Å². The van der Waals surface area contributed by atoms with Gasteiger partial charge in [-0.25, -0.2) is 0 Å². The minimum atomic E-state index is -3.13. The SMILES string of the molecule is O=[Si](O)O.[NaH].[NaH].[Zn]. The average molecular weight is 191 g/mol. The number of hydrogen-bond acceptors (Lipinski definition) is 1. The van der Waals surface area contributed by atoms with Gasteiger partial charge in [-0.15, -0.1) is 0 Å². The Morgan fingerprint density at radius 3 is 1.14 bits per heavy atom. The third kappa shape index (κ3) is 63.9. The molecule has 7 heteroatoms. The summed E-state index contributed by atoms with van der Waals surface area (Å²) in [6.07, 6.45) is 0. The van der Waals surface area contributed by atoms with Gasteiger partial charge in [-0.3, -0.25) is 4.46 Å². The van der Waals surface area contributed by atoms with Crippen LogP contribution in [0.25, 0.3) is 0 Å². The van der Waals surface area contributed by atoms with Crippen LogP contribution in [0.15, 0.2) is 0 Å². The fourth-order valence-corrected chi connectivity index (χ4v) is 0. The van der Waals surface area contributed by atoms with Crippen LogP contribution in [-0.4, -0.2) is 77.9 Å². The van der Waals surface area contributed by atoms with Crippen molar-refractivity contribution >= 4 is 68.3 Å². The summed E-state index contributed by atoms with van der Waals surface area (Å²) < 4.78 is 8.74. The molecule has 0 saturated carbocycles. The Morgan fingerprint density at radius 1 is 1.14 bits per heavy atom. The Morgan fingerprint density at radius 2 is 1.14 bits per heavy atom. The van der Waals surface area contributed by atoms with Crippen LogP contribution >= 0.6 is 0 Å². The van der Waals surface area contributed by atoms with Gasteiger partial charge in [0, 0.05) is 19.5 Å². The zero-order chi connectivity index (χ0) is 3.58. The monoisotopic (exact) mass is 190 g/mol. The van der Waals surface area contributed by atoms with Crippen molar-refractivity contribution in [1.82, 2.24) is 0 Å². The van der Waals surface area contributed by atoms with E-state index in [1.807, 2.05) is 0 Å². The summed E-state index contributed by atoms with van der Waals surface area (Å²) in [5.74, 6) is 0. The van der Waals surface area contributed by atoms with Crippen molar-refractivity contribution in [3.63, 3.8) is 0 Å². The molecule has 2 N–H and O–H groups in total. The molecule has 0 aromatic heterocycles. The Kier molecular flexibility index (Phi) is 51.3. The first-order chi connectivity index (χ1) is 1.73. The van der Waals surface area contributed by atoms with Crippen molar-refractivity contribution in [3.8, 4) is 0 Å². The molecular weight excluding hydrogens is 187 g/mol. The largest absolute Gasteiger partial charge is 0 e. The van der Waals surface area contributed by atoms with Gasteiger partial charge < -0.3 is 9.59 Å². The van der Waals surface area contributed by atoms with Crippen LogP contribution in [0.1, 0.15) is 0 Å². The normalized spacial score (nSPS) is 3.43. The molecule has 0 saturated heterocycles. The fourth-order valence-electron chi connectivity index (χ4n) is 0. The van der Waals surface area contributed by atoms with Crippen molar-refractivity contribution in [2.75, 3.05) is 0 Å². The van der Waals surface area contributed by atoms with Gasteiger partial charge in [-0.1, -0.05) is 0 Å². The van der Waals surface area contributed by atoms with Crippen LogP contribution in [0, 0.1) is 0 Å². The van der Waals surface area contributed by atoms with Crippen molar-refractivity contribution in [1.29, 1.82) is 0 Å². The first kappa shape index (κ1) is 22.8. The van der Waals surface area contributed by atoms with E-state index in [4.69, 9.17) is 14.1 Å². The summed E-state index contributed by atoms with van der Waals surface area (Å²) in [4.78, 5) is 14.3. The zero-order valence-electron chi connectivity index (χ0n) is 2.51. The van der Waals surface area contributed by atoms with Crippen LogP contribution in [-0.2, 0) is 23.9 Å². The molecule has 0 rings (SSSR count). The van der Waals surface area contributed by atoms with Crippen LogP contribution in [0.5, 0.6) is 0 Å².